The van der Waals surface area contributed by atoms with Crippen LogP contribution in [-0.4, -0.2) is 25.6 Å². The lowest BCUT2D eigenvalue weighted by atomic mass is 10.1. The molecule has 0 aromatic heterocycles. The highest BCUT2D eigenvalue weighted by Crippen LogP contribution is 2.44. The summed E-state index contributed by atoms with van der Waals surface area (Å²) in [5, 5.41) is 6.36. The number of rotatable bonds is 7. The monoisotopic (exact) mass is 274 g/mol. The Balaban J connectivity index is 1.46. The second-order valence-corrected chi connectivity index (χ2v) is 5.86. The number of ether oxygens (including phenoxy) is 1. The average molecular weight is 274 g/mol. The molecule has 3 rings (SSSR count). The zero-order valence-corrected chi connectivity index (χ0v) is 11.9. The van der Waals surface area contributed by atoms with E-state index in [1.165, 1.54) is 25.7 Å². The zero-order valence-electron chi connectivity index (χ0n) is 11.9. The molecule has 0 aliphatic heterocycles. The van der Waals surface area contributed by atoms with Crippen molar-refractivity contribution in [1.29, 1.82) is 0 Å². The molecule has 0 atom stereocenters. The first kappa shape index (κ1) is 13.4. The van der Waals surface area contributed by atoms with E-state index in [1.807, 2.05) is 24.3 Å². The van der Waals surface area contributed by atoms with Gasteiger partial charge in [-0.1, -0.05) is 0 Å². The van der Waals surface area contributed by atoms with Crippen molar-refractivity contribution >= 4 is 11.6 Å². The van der Waals surface area contributed by atoms with Crippen molar-refractivity contribution in [2.24, 2.45) is 11.8 Å². The van der Waals surface area contributed by atoms with Gasteiger partial charge in [0.1, 0.15) is 5.75 Å². The summed E-state index contributed by atoms with van der Waals surface area (Å²) in [6, 6.07) is 7.98. The van der Waals surface area contributed by atoms with Gasteiger partial charge in [-0.2, -0.15) is 0 Å². The molecule has 108 valence electrons. The molecule has 2 aliphatic rings. The average Bonchev–Trinajstić information content (AvgIpc) is 3.33. The number of benzene rings is 1. The highest BCUT2D eigenvalue weighted by Gasteiger charge is 2.41. The Morgan fingerprint density at radius 2 is 1.80 bits per heavy atom. The second-order valence-electron chi connectivity index (χ2n) is 5.86. The fourth-order valence-corrected chi connectivity index (χ4v) is 2.72. The lowest BCUT2D eigenvalue weighted by Crippen LogP contribution is -2.38. The SMILES string of the molecule is COc1ccc(NC(=O)CNC(C2CC2)C2CC2)cc1. The Morgan fingerprint density at radius 1 is 1.20 bits per heavy atom. The van der Waals surface area contributed by atoms with Crippen LogP contribution in [0.3, 0.4) is 0 Å². The Hall–Kier alpha value is -1.55. The maximum absolute atomic E-state index is 12.0. The van der Waals surface area contributed by atoms with Crippen LogP contribution in [0.15, 0.2) is 24.3 Å². The minimum atomic E-state index is 0.0291. The van der Waals surface area contributed by atoms with E-state index in [4.69, 9.17) is 4.74 Å². The maximum Gasteiger partial charge on any atom is 0.238 e. The van der Waals surface area contributed by atoms with E-state index in [-0.39, 0.29) is 5.91 Å². The fourth-order valence-electron chi connectivity index (χ4n) is 2.72. The molecule has 0 saturated heterocycles. The van der Waals surface area contributed by atoms with Gasteiger partial charge in [-0.3, -0.25) is 4.79 Å². The highest BCUT2D eigenvalue weighted by molar-refractivity contribution is 5.92. The Kier molecular flexibility index (Phi) is 3.92. The standard InChI is InChI=1S/C16H22N2O2/c1-20-14-8-6-13(7-9-14)18-15(19)10-17-16(11-2-3-11)12-4-5-12/h6-9,11-12,16-17H,2-5,10H2,1H3,(H,18,19). The van der Waals surface area contributed by atoms with Crippen LogP contribution < -0.4 is 15.4 Å². The van der Waals surface area contributed by atoms with Crippen LogP contribution in [0, 0.1) is 11.8 Å². The van der Waals surface area contributed by atoms with Crippen molar-refractivity contribution in [3.05, 3.63) is 24.3 Å². The normalized spacial score (nSPS) is 18.1. The van der Waals surface area contributed by atoms with Gasteiger partial charge in [0, 0.05) is 11.7 Å². The van der Waals surface area contributed by atoms with Crippen molar-refractivity contribution in [3.8, 4) is 5.75 Å². The van der Waals surface area contributed by atoms with E-state index >= 15 is 0 Å². The summed E-state index contributed by atoms with van der Waals surface area (Å²) in [7, 11) is 1.63. The molecule has 1 aromatic carbocycles. The number of anilines is 1. The largest absolute Gasteiger partial charge is 0.497 e. The number of amides is 1. The highest BCUT2D eigenvalue weighted by atomic mass is 16.5. The first-order chi connectivity index (χ1) is 9.76. The summed E-state index contributed by atoms with van der Waals surface area (Å²) in [5.41, 5.74) is 0.812. The third-order valence-electron chi connectivity index (χ3n) is 4.13. The number of hydrogen-bond donors (Lipinski definition) is 2. The number of methoxy groups -OCH3 is 1. The van der Waals surface area contributed by atoms with Crippen LogP contribution in [0.4, 0.5) is 5.69 Å². The Bertz CT molecular complexity index is 452. The van der Waals surface area contributed by atoms with E-state index < -0.39 is 0 Å². The zero-order chi connectivity index (χ0) is 13.9. The predicted molar refractivity (Wildman–Crippen MR) is 78.9 cm³/mol. The predicted octanol–water partition coefficient (Wildman–Crippen LogP) is 2.41. The van der Waals surface area contributed by atoms with Gasteiger partial charge in [0.15, 0.2) is 0 Å². The lowest BCUT2D eigenvalue weighted by molar-refractivity contribution is -0.115. The minimum Gasteiger partial charge on any atom is -0.497 e. The number of carbonyl (C=O) groups is 1. The first-order valence-electron chi connectivity index (χ1n) is 7.43. The van der Waals surface area contributed by atoms with E-state index in [2.05, 4.69) is 10.6 Å². The molecule has 4 nitrogen and oxygen atoms in total. The van der Waals surface area contributed by atoms with Gasteiger partial charge < -0.3 is 15.4 Å². The molecule has 20 heavy (non-hydrogen) atoms. The van der Waals surface area contributed by atoms with Crippen LogP contribution in [0.25, 0.3) is 0 Å². The van der Waals surface area contributed by atoms with E-state index in [1.54, 1.807) is 7.11 Å². The summed E-state index contributed by atoms with van der Waals surface area (Å²) in [6.07, 6.45) is 5.31. The number of carbonyl (C=O) groups excluding carboxylic acids is 1. The molecule has 0 heterocycles. The molecule has 1 amide bonds. The first-order valence-corrected chi connectivity index (χ1v) is 7.43. The Morgan fingerprint density at radius 3 is 2.30 bits per heavy atom. The van der Waals surface area contributed by atoms with E-state index in [9.17, 15) is 4.79 Å². The molecule has 0 unspecified atom stereocenters. The van der Waals surface area contributed by atoms with Crippen LogP contribution in [0.1, 0.15) is 25.7 Å². The summed E-state index contributed by atoms with van der Waals surface area (Å²) in [4.78, 5) is 12.0. The molecule has 0 radical (unpaired) electrons. The molecule has 0 spiro atoms. The van der Waals surface area contributed by atoms with Crippen molar-refractivity contribution in [2.45, 2.75) is 31.7 Å². The molecule has 2 saturated carbocycles. The molecule has 4 heteroatoms. The molecular formula is C16H22N2O2. The van der Waals surface area contributed by atoms with Gasteiger partial charge in [-0.15, -0.1) is 0 Å². The van der Waals surface area contributed by atoms with E-state index in [0.29, 0.717) is 12.6 Å². The topological polar surface area (TPSA) is 50.4 Å². The third kappa shape index (κ3) is 3.51. The van der Waals surface area contributed by atoms with Gasteiger partial charge in [0.05, 0.1) is 13.7 Å². The van der Waals surface area contributed by atoms with Crippen LogP contribution >= 0.6 is 0 Å². The smallest absolute Gasteiger partial charge is 0.238 e. The van der Waals surface area contributed by atoms with Crippen molar-refractivity contribution in [1.82, 2.24) is 5.32 Å². The van der Waals surface area contributed by atoms with Crippen LogP contribution in [0.2, 0.25) is 0 Å². The molecule has 2 N–H and O–H groups in total. The lowest BCUT2D eigenvalue weighted by Gasteiger charge is -2.17. The van der Waals surface area contributed by atoms with Gasteiger partial charge in [0.25, 0.3) is 0 Å². The van der Waals surface area contributed by atoms with Gasteiger partial charge in [-0.05, 0) is 61.8 Å². The summed E-state index contributed by atoms with van der Waals surface area (Å²) in [6.45, 7) is 0.406. The van der Waals surface area contributed by atoms with Gasteiger partial charge >= 0.3 is 0 Å². The van der Waals surface area contributed by atoms with Crippen LogP contribution in [-0.2, 0) is 4.79 Å². The molecule has 2 fully saturated rings. The molecule has 0 bridgehead atoms. The Labute approximate surface area is 119 Å². The van der Waals surface area contributed by atoms with E-state index in [0.717, 1.165) is 23.3 Å². The van der Waals surface area contributed by atoms with Crippen molar-refractivity contribution in [2.75, 3.05) is 19.0 Å². The summed E-state index contributed by atoms with van der Waals surface area (Å²) in [5.74, 6) is 2.46. The maximum atomic E-state index is 12.0. The number of hydrogen-bond acceptors (Lipinski definition) is 3. The minimum absolute atomic E-state index is 0.0291. The molecular weight excluding hydrogens is 252 g/mol. The number of nitrogens with one attached hydrogen (secondary N) is 2. The molecule has 2 aliphatic carbocycles. The summed E-state index contributed by atoms with van der Waals surface area (Å²) < 4.78 is 5.09. The fraction of sp³-hybridized carbons (Fsp3) is 0.562. The third-order valence-corrected chi connectivity index (χ3v) is 4.13. The second kappa shape index (κ2) is 5.83. The quantitative estimate of drug-likeness (QED) is 0.803. The van der Waals surface area contributed by atoms with Crippen molar-refractivity contribution in [3.63, 3.8) is 0 Å². The molecule has 1 aromatic rings. The summed E-state index contributed by atoms with van der Waals surface area (Å²) >= 11 is 0. The van der Waals surface area contributed by atoms with Crippen LogP contribution in [0.5, 0.6) is 5.75 Å². The van der Waals surface area contributed by atoms with Gasteiger partial charge in [0.2, 0.25) is 5.91 Å². The van der Waals surface area contributed by atoms with Gasteiger partial charge in [-0.25, -0.2) is 0 Å². The van der Waals surface area contributed by atoms with Crippen molar-refractivity contribution < 1.29 is 9.53 Å².